The lowest BCUT2D eigenvalue weighted by molar-refractivity contribution is 0.608. The highest BCUT2D eigenvalue weighted by Gasteiger charge is 2.55. The number of rotatable bonds is 4. The zero-order valence-electron chi connectivity index (χ0n) is 34.3. The molecule has 9 aromatic rings. The maximum atomic E-state index is 2.61. The predicted molar refractivity (Wildman–Crippen MR) is 256 cm³/mol. The minimum absolute atomic E-state index is 0.331. The summed E-state index contributed by atoms with van der Waals surface area (Å²) in [6, 6.07) is 69.1. The highest BCUT2D eigenvalue weighted by Crippen LogP contribution is 2.67. The molecule has 0 saturated heterocycles. The summed E-state index contributed by atoms with van der Waals surface area (Å²) in [5.74, 6) is 0.728. The van der Waals surface area contributed by atoms with Crippen LogP contribution >= 0.6 is 11.8 Å². The van der Waals surface area contributed by atoms with Crippen LogP contribution in [0.4, 0.5) is 11.4 Å². The van der Waals surface area contributed by atoms with Crippen LogP contribution in [0.15, 0.2) is 215 Å². The van der Waals surface area contributed by atoms with Gasteiger partial charge in [0.2, 0.25) is 0 Å². The van der Waals surface area contributed by atoms with E-state index in [1.807, 2.05) is 11.8 Å². The largest absolute Gasteiger partial charge is 0.313 e. The van der Waals surface area contributed by atoms with Crippen LogP contribution in [-0.2, 0) is 18.3 Å². The molecule has 5 aliphatic rings. The van der Waals surface area contributed by atoms with Gasteiger partial charge in [0.25, 0.3) is 0 Å². The number of aryl methyl sites for hydroxylation is 1. The van der Waals surface area contributed by atoms with Crippen LogP contribution in [0.2, 0.25) is 0 Å². The Hall–Kier alpha value is -6.81. The zero-order chi connectivity index (χ0) is 40.5. The topological polar surface area (TPSA) is 8.17 Å². The molecule has 0 saturated carbocycles. The summed E-state index contributed by atoms with van der Waals surface area (Å²) in [6.07, 6.45) is 9.14. The van der Waals surface area contributed by atoms with E-state index in [4.69, 9.17) is 0 Å². The summed E-state index contributed by atoms with van der Waals surface area (Å²) in [6.45, 7) is 0. The number of aromatic nitrogens is 1. The molecule has 0 amide bonds. The molecule has 0 N–H and O–H groups in total. The molecule has 3 aliphatic heterocycles. The van der Waals surface area contributed by atoms with Gasteiger partial charge in [-0.15, -0.1) is 0 Å². The van der Waals surface area contributed by atoms with E-state index in [2.05, 4.69) is 204 Å². The summed E-state index contributed by atoms with van der Waals surface area (Å²) in [4.78, 5) is 5.40. The lowest BCUT2D eigenvalue weighted by Crippen LogP contribution is -2.42. The van der Waals surface area contributed by atoms with Crippen molar-refractivity contribution in [3.63, 3.8) is 0 Å². The van der Waals surface area contributed by atoms with Gasteiger partial charge in [-0.3, -0.25) is 0 Å². The Kier molecular flexibility index (Phi) is 7.36. The predicted octanol–water partition coefficient (Wildman–Crippen LogP) is 15.0. The standard InChI is InChI=1S/C59H42N2S/c1-2-16-40(17-3-1)60-51-25-10-6-19-43(51)45-32-30-37(35-54(45)60)29-31-39-36-38-15-4-5-18-41(38)56-42(39)33-34-50-58(56)62-55-28-13-9-23-48(55)59(50)47-22-8-12-27-53(47)61-52-26-11-7-20-44(52)46-21-14-24-49(59)57(46)61/h1-20,22-28,30,32-35,39,46H,21,29,31,36H2. The monoisotopic (exact) mass is 810 g/mol. The van der Waals surface area contributed by atoms with Crippen molar-refractivity contribution in [1.29, 1.82) is 0 Å². The molecule has 0 radical (unpaired) electrons. The summed E-state index contributed by atoms with van der Waals surface area (Å²) in [5, 5.41) is 2.62. The lowest BCUT2D eigenvalue weighted by atomic mass is 9.59. The van der Waals surface area contributed by atoms with Gasteiger partial charge in [0.1, 0.15) is 0 Å². The lowest BCUT2D eigenvalue weighted by Gasteiger charge is -2.50. The van der Waals surface area contributed by atoms with E-state index in [0.717, 1.165) is 25.7 Å². The van der Waals surface area contributed by atoms with E-state index in [9.17, 15) is 0 Å². The molecule has 8 aromatic carbocycles. The Morgan fingerprint density at radius 1 is 0.597 bits per heavy atom. The molecule has 0 bridgehead atoms. The van der Waals surface area contributed by atoms with Crippen molar-refractivity contribution in [2.45, 2.75) is 52.7 Å². The first-order valence-electron chi connectivity index (χ1n) is 22.3. The number of allylic oxidation sites excluding steroid dienone is 4. The number of hydrogen-bond donors (Lipinski definition) is 0. The third-order valence-electron chi connectivity index (χ3n) is 14.8. The molecule has 2 nitrogen and oxygen atoms in total. The fraction of sp³-hybridized carbons (Fsp3) is 0.119. The van der Waals surface area contributed by atoms with Crippen molar-refractivity contribution in [3.8, 4) is 16.8 Å². The summed E-state index contributed by atoms with van der Waals surface area (Å²) in [7, 11) is 0. The molecule has 1 spiro atoms. The van der Waals surface area contributed by atoms with Gasteiger partial charge in [-0.2, -0.15) is 0 Å². The molecule has 294 valence electrons. The van der Waals surface area contributed by atoms with Crippen molar-refractivity contribution in [1.82, 2.24) is 4.57 Å². The number of para-hydroxylation sites is 4. The summed E-state index contributed by atoms with van der Waals surface area (Å²) < 4.78 is 2.45. The second-order valence-electron chi connectivity index (χ2n) is 17.8. The number of benzene rings is 8. The SMILES string of the molecule is C1=CC2=C3C(C1)c1ccccc1N3c1ccccc1C21c2ccccc2Sc2c1ccc1c2-c2ccccc2CC1CCc1ccc2c3ccccc3n(-c3ccccc3)c2c1. The average molecular weight is 811 g/mol. The van der Waals surface area contributed by atoms with Gasteiger partial charge in [-0.05, 0) is 130 Å². The normalized spacial score (nSPS) is 19.8. The van der Waals surface area contributed by atoms with Gasteiger partial charge < -0.3 is 9.47 Å². The van der Waals surface area contributed by atoms with Gasteiger partial charge in [-0.1, -0.05) is 163 Å². The number of anilines is 2. The summed E-state index contributed by atoms with van der Waals surface area (Å²) >= 11 is 2.00. The van der Waals surface area contributed by atoms with Crippen LogP contribution < -0.4 is 4.90 Å². The van der Waals surface area contributed by atoms with Crippen LogP contribution in [0.5, 0.6) is 0 Å². The Labute approximate surface area is 366 Å². The van der Waals surface area contributed by atoms with Crippen molar-refractivity contribution in [2.24, 2.45) is 0 Å². The van der Waals surface area contributed by atoms with Crippen LogP contribution in [0.3, 0.4) is 0 Å². The van der Waals surface area contributed by atoms with Gasteiger partial charge >= 0.3 is 0 Å². The zero-order valence-corrected chi connectivity index (χ0v) is 35.1. The maximum absolute atomic E-state index is 2.61. The minimum Gasteiger partial charge on any atom is -0.313 e. The fourth-order valence-electron chi connectivity index (χ4n) is 12.3. The van der Waals surface area contributed by atoms with E-state index in [0.29, 0.717) is 11.8 Å². The maximum Gasteiger partial charge on any atom is 0.0761 e. The van der Waals surface area contributed by atoms with E-state index in [1.165, 1.54) is 110 Å². The molecule has 4 heterocycles. The Balaban J connectivity index is 0.946. The average Bonchev–Trinajstić information content (AvgIpc) is 3.85. The molecule has 3 atom stereocenters. The van der Waals surface area contributed by atoms with Gasteiger partial charge in [-0.25, -0.2) is 0 Å². The second-order valence-corrected chi connectivity index (χ2v) is 18.8. The van der Waals surface area contributed by atoms with E-state index < -0.39 is 5.41 Å². The molecule has 2 aliphatic carbocycles. The quantitative estimate of drug-likeness (QED) is 0.175. The molecular weight excluding hydrogens is 769 g/mol. The smallest absolute Gasteiger partial charge is 0.0761 e. The molecule has 1 aromatic heterocycles. The Morgan fingerprint density at radius 2 is 1.35 bits per heavy atom. The first-order valence-corrected chi connectivity index (χ1v) is 23.1. The van der Waals surface area contributed by atoms with E-state index in [-0.39, 0.29) is 0 Å². The first kappa shape index (κ1) is 34.9. The fourth-order valence-corrected chi connectivity index (χ4v) is 13.7. The van der Waals surface area contributed by atoms with E-state index in [1.54, 1.807) is 0 Å². The van der Waals surface area contributed by atoms with Gasteiger partial charge in [0.05, 0.1) is 22.1 Å². The number of hydrogen-bond acceptors (Lipinski definition) is 2. The van der Waals surface area contributed by atoms with Gasteiger partial charge in [0.15, 0.2) is 0 Å². The number of nitrogens with zero attached hydrogens (tertiary/aromatic N) is 2. The van der Waals surface area contributed by atoms with Crippen molar-refractivity contribution < 1.29 is 0 Å². The molecule has 0 fully saturated rings. The van der Waals surface area contributed by atoms with Crippen LogP contribution in [0, 0.1) is 0 Å². The van der Waals surface area contributed by atoms with Gasteiger partial charge in [0, 0.05) is 43.6 Å². The van der Waals surface area contributed by atoms with E-state index >= 15 is 0 Å². The third kappa shape index (κ3) is 4.61. The molecule has 3 unspecified atom stereocenters. The van der Waals surface area contributed by atoms with Crippen molar-refractivity contribution in [3.05, 3.63) is 244 Å². The molecular formula is C59H42N2S. The molecule has 3 heteroatoms. The minimum atomic E-state index is -0.458. The van der Waals surface area contributed by atoms with Crippen LogP contribution in [-0.4, -0.2) is 4.57 Å². The molecule has 62 heavy (non-hydrogen) atoms. The van der Waals surface area contributed by atoms with Crippen molar-refractivity contribution in [2.75, 3.05) is 4.90 Å². The Morgan fingerprint density at radius 3 is 2.29 bits per heavy atom. The Bertz CT molecular complexity index is 3420. The number of fused-ring (bicyclic) bond motifs is 18. The third-order valence-corrected chi connectivity index (χ3v) is 16.0. The van der Waals surface area contributed by atoms with Crippen molar-refractivity contribution >= 4 is 44.9 Å². The van der Waals surface area contributed by atoms with Crippen LogP contribution in [0.1, 0.15) is 63.6 Å². The second kappa shape index (κ2) is 13.1. The molecule has 14 rings (SSSR count). The summed E-state index contributed by atoms with van der Waals surface area (Å²) in [5.41, 5.74) is 21.7. The highest BCUT2D eigenvalue weighted by molar-refractivity contribution is 7.99. The van der Waals surface area contributed by atoms with Crippen LogP contribution in [0.25, 0.3) is 38.6 Å². The highest BCUT2D eigenvalue weighted by atomic mass is 32.2. The first-order chi connectivity index (χ1) is 30.8.